The van der Waals surface area contributed by atoms with E-state index in [2.05, 4.69) is 17.0 Å². The summed E-state index contributed by atoms with van der Waals surface area (Å²) in [5.74, 6) is 4.85. The van der Waals surface area contributed by atoms with Crippen molar-refractivity contribution in [2.75, 3.05) is 13.1 Å². The van der Waals surface area contributed by atoms with Gasteiger partial charge in [0.2, 0.25) is 0 Å². The Hall–Kier alpha value is -2.94. The summed E-state index contributed by atoms with van der Waals surface area (Å²) in [6.45, 7) is 8.03. The van der Waals surface area contributed by atoms with Gasteiger partial charge in [-0.15, -0.1) is 5.92 Å². The Labute approximate surface area is 177 Å². The number of amides is 1. The van der Waals surface area contributed by atoms with Gasteiger partial charge in [0.25, 0.3) is 5.91 Å². The second kappa shape index (κ2) is 8.43. The number of Topliss-reactive ketones (excluding diaryl/α,β-unsaturated/α-hetero) is 2. The van der Waals surface area contributed by atoms with Gasteiger partial charge in [-0.2, -0.15) is 0 Å². The number of likely N-dealkylation sites (tertiary alicyclic amines) is 1. The lowest BCUT2D eigenvalue weighted by molar-refractivity contribution is -0.139. The van der Waals surface area contributed by atoms with E-state index in [1.807, 2.05) is 26.0 Å². The number of hydrogen-bond donors (Lipinski definition) is 1. The van der Waals surface area contributed by atoms with Crippen molar-refractivity contribution in [2.24, 2.45) is 10.6 Å². The topological polar surface area (TPSA) is 87.0 Å². The summed E-state index contributed by atoms with van der Waals surface area (Å²) < 4.78 is 0. The molecule has 30 heavy (non-hydrogen) atoms. The maximum absolute atomic E-state index is 13.2. The molecule has 1 N–H and O–H groups in total. The van der Waals surface area contributed by atoms with E-state index in [0.29, 0.717) is 38.8 Å². The fraction of sp³-hybridized carbons (Fsp3) is 0.500. The van der Waals surface area contributed by atoms with Crippen LogP contribution in [0.2, 0.25) is 0 Å². The molecule has 1 aliphatic carbocycles. The average Bonchev–Trinajstić information content (AvgIpc) is 2.69. The molecular formula is C24H28N2O4. The Balaban J connectivity index is 1.79. The summed E-state index contributed by atoms with van der Waals surface area (Å²) in [6, 6.07) is 3.89. The van der Waals surface area contributed by atoms with Crippen LogP contribution in [0.3, 0.4) is 0 Å². The quantitative estimate of drug-likeness (QED) is 0.268. The molecule has 1 amide bonds. The predicted octanol–water partition coefficient (Wildman–Crippen LogP) is 3.15. The molecule has 6 nitrogen and oxygen atoms in total. The van der Waals surface area contributed by atoms with Crippen molar-refractivity contribution in [3.63, 3.8) is 0 Å². The number of nitrogens with zero attached hydrogens (tertiary/aromatic N) is 2. The lowest BCUT2D eigenvalue weighted by atomic mass is 9.62. The Morgan fingerprint density at radius 3 is 2.13 bits per heavy atom. The van der Waals surface area contributed by atoms with E-state index in [0.717, 1.165) is 22.3 Å². The fourth-order valence-corrected chi connectivity index (χ4v) is 4.96. The maximum atomic E-state index is 13.2. The lowest BCUT2D eigenvalue weighted by Crippen LogP contribution is -2.49. The van der Waals surface area contributed by atoms with Crippen molar-refractivity contribution in [2.45, 2.75) is 59.3 Å². The third kappa shape index (κ3) is 4.02. The molecule has 158 valence electrons. The Kier molecular flexibility index (Phi) is 6.12. The van der Waals surface area contributed by atoms with E-state index in [-0.39, 0.29) is 28.6 Å². The van der Waals surface area contributed by atoms with Crippen molar-refractivity contribution >= 4 is 23.2 Å². The third-order valence-electron chi connectivity index (χ3n) is 6.46. The highest BCUT2D eigenvalue weighted by atomic mass is 16.4. The van der Waals surface area contributed by atoms with Gasteiger partial charge >= 0.3 is 0 Å². The summed E-state index contributed by atoms with van der Waals surface area (Å²) in [6.07, 6.45) is 1.91. The van der Waals surface area contributed by atoms with E-state index in [4.69, 9.17) is 5.21 Å². The van der Waals surface area contributed by atoms with Crippen LogP contribution in [0.5, 0.6) is 0 Å². The smallest absolute Gasteiger partial charge is 0.271 e. The van der Waals surface area contributed by atoms with Crippen LogP contribution in [0.25, 0.3) is 0 Å². The molecule has 2 fully saturated rings. The number of carbonyl (C=O) groups is 3. The van der Waals surface area contributed by atoms with Crippen molar-refractivity contribution in [1.82, 2.24) is 4.90 Å². The minimum atomic E-state index is -0.706. The minimum absolute atomic E-state index is 0.0281. The number of aryl methyl sites for hydroxylation is 2. The molecule has 6 heteroatoms. The molecule has 1 saturated heterocycles. The molecule has 1 saturated carbocycles. The summed E-state index contributed by atoms with van der Waals surface area (Å²) >= 11 is 0. The van der Waals surface area contributed by atoms with Crippen molar-refractivity contribution in [1.29, 1.82) is 0 Å². The van der Waals surface area contributed by atoms with Gasteiger partial charge in [-0.1, -0.05) is 11.1 Å². The standard InChI is InChI=1S/C24H28N2O4/c1-5-6-18-11-15(2)21(16(3)12-18)22-19(27)13-24(14-20(22)28)7-9-26(10-8-24)23(29)17(4)25-30/h11-12,22,30H,7-10,13-14H2,1-4H3/b25-17-. The average molecular weight is 408 g/mol. The van der Waals surface area contributed by atoms with Crippen LogP contribution in [0.15, 0.2) is 17.3 Å². The van der Waals surface area contributed by atoms with Gasteiger partial charge in [0.1, 0.15) is 23.2 Å². The van der Waals surface area contributed by atoms with Gasteiger partial charge in [-0.05, 0) is 74.8 Å². The highest BCUT2D eigenvalue weighted by molar-refractivity contribution is 6.37. The maximum Gasteiger partial charge on any atom is 0.271 e. The summed E-state index contributed by atoms with van der Waals surface area (Å²) in [7, 11) is 0. The molecule has 0 radical (unpaired) electrons. The summed E-state index contributed by atoms with van der Waals surface area (Å²) in [5, 5.41) is 11.8. The highest BCUT2D eigenvalue weighted by Crippen LogP contribution is 2.46. The van der Waals surface area contributed by atoms with Crippen LogP contribution in [0, 0.1) is 31.1 Å². The van der Waals surface area contributed by atoms with E-state index in [1.54, 1.807) is 11.8 Å². The molecule has 1 aromatic carbocycles. The van der Waals surface area contributed by atoms with E-state index >= 15 is 0 Å². The normalized spacial score (nSPS) is 19.6. The molecule has 0 aromatic heterocycles. The first-order valence-corrected chi connectivity index (χ1v) is 10.3. The van der Waals surface area contributed by atoms with Crippen LogP contribution in [-0.4, -0.2) is 46.4 Å². The van der Waals surface area contributed by atoms with Gasteiger partial charge in [0.15, 0.2) is 0 Å². The Morgan fingerprint density at radius 1 is 1.13 bits per heavy atom. The SMILES string of the molecule is CC#Cc1cc(C)c(C2C(=O)CC3(CCN(C(=O)/C(C)=N\O)CC3)CC2=O)c(C)c1. The Morgan fingerprint density at radius 2 is 1.67 bits per heavy atom. The molecule has 3 rings (SSSR count). The van der Waals surface area contributed by atoms with Crippen LogP contribution >= 0.6 is 0 Å². The largest absolute Gasteiger partial charge is 0.410 e. The molecule has 1 spiro atoms. The fourth-order valence-electron chi connectivity index (χ4n) is 4.96. The number of oxime groups is 1. The first-order valence-electron chi connectivity index (χ1n) is 10.3. The van der Waals surface area contributed by atoms with Crippen molar-refractivity contribution in [3.05, 3.63) is 34.4 Å². The first-order chi connectivity index (χ1) is 14.2. The number of hydrogen-bond acceptors (Lipinski definition) is 5. The van der Waals surface area contributed by atoms with Gasteiger partial charge in [0.05, 0.1) is 0 Å². The van der Waals surface area contributed by atoms with Crippen molar-refractivity contribution < 1.29 is 19.6 Å². The van der Waals surface area contributed by atoms with Gasteiger partial charge in [0, 0.05) is 31.5 Å². The third-order valence-corrected chi connectivity index (χ3v) is 6.46. The number of rotatable bonds is 2. The minimum Gasteiger partial charge on any atom is -0.410 e. The zero-order valence-electron chi connectivity index (χ0n) is 18.0. The van der Waals surface area contributed by atoms with Crippen LogP contribution < -0.4 is 0 Å². The lowest BCUT2D eigenvalue weighted by Gasteiger charge is -2.44. The van der Waals surface area contributed by atoms with Crippen LogP contribution in [0.1, 0.15) is 67.7 Å². The Bertz CT molecular complexity index is 945. The second-order valence-corrected chi connectivity index (χ2v) is 8.60. The molecule has 1 aromatic rings. The first kappa shape index (κ1) is 21.8. The van der Waals surface area contributed by atoms with Gasteiger partial charge in [-0.3, -0.25) is 14.4 Å². The number of benzene rings is 1. The van der Waals surface area contributed by atoms with Crippen LogP contribution in [-0.2, 0) is 14.4 Å². The molecule has 2 aliphatic rings. The van der Waals surface area contributed by atoms with E-state index in [9.17, 15) is 14.4 Å². The number of carbonyl (C=O) groups excluding carboxylic acids is 3. The number of piperidine rings is 1. The predicted molar refractivity (Wildman–Crippen MR) is 114 cm³/mol. The van der Waals surface area contributed by atoms with E-state index < -0.39 is 5.92 Å². The van der Waals surface area contributed by atoms with Crippen molar-refractivity contribution in [3.8, 4) is 11.8 Å². The summed E-state index contributed by atoms with van der Waals surface area (Å²) in [5.41, 5.74) is 3.24. The molecule has 0 bridgehead atoms. The summed E-state index contributed by atoms with van der Waals surface area (Å²) in [4.78, 5) is 40.2. The zero-order valence-corrected chi connectivity index (χ0v) is 18.0. The molecule has 0 unspecified atom stereocenters. The molecule has 1 aliphatic heterocycles. The molecule has 1 heterocycles. The second-order valence-electron chi connectivity index (χ2n) is 8.60. The van der Waals surface area contributed by atoms with E-state index in [1.165, 1.54) is 6.92 Å². The molecular weight excluding hydrogens is 380 g/mol. The van der Waals surface area contributed by atoms with Gasteiger partial charge in [-0.25, -0.2) is 0 Å². The van der Waals surface area contributed by atoms with Crippen LogP contribution in [0.4, 0.5) is 0 Å². The van der Waals surface area contributed by atoms with Gasteiger partial charge < -0.3 is 10.1 Å². The zero-order chi connectivity index (χ0) is 22.1. The highest BCUT2D eigenvalue weighted by Gasteiger charge is 2.47. The monoisotopic (exact) mass is 408 g/mol. The number of ketones is 2. The molecule has 0 atom stereocenters.